The summed E-state index contributed by atoms with van der Waals surface area (Å²) in [6, 6.07) is 20.8. The fourth-order valence-corrected chi connectivity index (χ4v) is 3.82. The lowest BCUT2D eigenvalue weighted by atomic mass is 9.88. The summed E-state index contributed by atoms with van der Waals surface area (Å²) in [4.78, 5) is 16.4. The summed E-state index contributed by atoms with van der Waals surface area (Å²) in [6.07, 6.45) is 6.07. The maximum atomic E-state index is 12.3. The monoisotopic (exact) mass is 371 g/mol. The van der Waals surface area contributed by atoms with Crippen molar-refractivity contribution in [3.05, 3.63) is 84.2 Å². The second kappa shape index (κ2) is 8.81. The number of hydrogen-bond donors (Lipinski definition) is 2. The van der Waals surface area contributed by atoms with Crippen LogP contribution in [0.2, 0.25) is 0 Å². The van der Waals surface area contributed by atoms with Crippen LogP contribution < -0.4 is 10.6 Å². The minimum Gasteiger partial charge on any atom is -0.324 e. The molecule has 0 spiro atoms. The zero-order valence-electron chi connectivity index (χ0n) is 15.9. The first-order valence-electron chi connectivity index (χ1n) is 9.88. The van der Waals surface area contributed by atoms with Crippen LogP contribution >= 0.6 is 0 Å². The number of carbonyl (C=O) groups excluding carboxylic acids is 1. The molecule has 28 heavy (non-hydrogen) atoms. The van der Waals surface area contributed by atoms with Gasteiger partial charge in [-0.2, -0.15) is 0 Å². The Labute approximate surface area is 166 Å². The average Bonchev–Trinajstić information content (AvgIpc) is 2.75. The summed E-state index contributed by atoms with van der Waals surface area (Å²) < 4.78 is 0. The fraction of sp³-hybridized carbons (Fsp3) is 0.250. The van der Waals surface area contributed by atoms with Gasteiger partial charge in [0.05, 0.1) is 18.3 Å². The van der Waals surface area contributed by atoms with E-state index in [1.165, 1.54) is 24.0 Å². The lowest BCUT2D eigenvalue weighted by Crippen LogP contribution is -2.26. The van der Waals surface area contributed by atoms with Gasteiger partial charge in [0.1, 0.15) is 0 Å². The van der Waals surface area contributed by atoms with Crippen molar-refractivity contribution in [2.24, 2.45) is 0 Å². The Hall–Kier alpha value is -2.98. The van der Waals surface area contributed by atoms with Crippen LogP contribution in [0.25, 0.3) is 11.1 Å². The highest BCUT2D eigenvalue weighted by Crippen LogP contribution is 2.29. The zero-order chi connectivity index (χ0) is 19.2. The third-order valence-electron chi connectivity index (χ3n) is 5.27. The van der Waals surface area contributed by atoms with Gasteiger partial charge in [0.25, 0.3) is 0 Å². The highest BCUT2D eigenvalue weighted by molar-refractivity contribution is 5.92. The van der Waals surface area contributed by atoms with Crippen LogP contribution in [0.3, 0.4) is 0 Å². The van der Waals surface area contributed by atoms with E-state index in [9.17, 15) is 4.79 Å². The lowest BCUT2D eigenvalue weighted by Gasteiger charge is -2.23. The van der Waals surface area contributed by atoms with E-state index < -0.39 is 0 Å². The zero-order valence-corrected chi connectivity index (χ0v) is 15.9. The van der Waals surface area contributed by atoms with Gasteiger partial charge in [-0.3, -0.25) is 9.78 Å². The van der Waals surface area contributed by atoms with Crippen molar-refractivity contribution in [3.8, 4) is 11.1 Å². The van der Waals surface area contributed by atoms with Crippen LogP contribution in [0.4, 0.5) is 5.69 Å². The molecule has 1 aliphatic heterocycles. The van der Waals surface area contributed by atoms with Gasteiger partial charge in [0, 0.05) is 6.20 Å². The Morgan fingerprint density at radius 1 is 1.00 bits per heavy atom. The standard InChI is InChI=1S/C24H25N3O/c28-24(27-23-8-3-11-26-17-23)15-18-4-1-5-20(14-18)22-7-2-6-21(16-22)19-9-12-25-13-10-19/h1-8,11,14,16-17,19,25H,9-10,12-13,15H2,(H,27,28). The van der Waals surface area contributed by atoms with Gasteiger partial charge in [-0.1, -0.05) is 48.5 Å². The maximum absolute atomic E-state index is 12.3. The number of nitrogens with one attached hydrogen (secondary N) is 2. The largest absolute Gasteiger partial charge is 0.324 e. The van der Waals surface area contributed by atoms with Gasteiger partial charge in [0.2, 0.25) is 5.91 Å². The first-order chi connectivity index (χ1) is 13.8. The number of benzene rings is 2. The van der Waals surface area contributed by atoms with E-state index in [4.69, 9.17) is 0 Å². The van der Waals surface area contributed by atoms with Gasteiger partial charge in [-0.25, -0.2) is 0 Å². The molecule has 2 aromatic carbocycles. The van der Waals surface area contributed by atoms with Crippen molar-refractivity contribution in [1.82, 2.24) is 10.3 Å². The van der Waals surface area contributed by atoms with Crippen LogP contribution in [-0.2, 0) is 11.2 Å². The molecule has 4 heteroatoms. The number of aromatic nitrogens is 1. The predicted molar refractivity (Wildman–Crippen MR) is 113 cm³/mol. The predicted octanol–water partition coefficient (Wildman–Crippen LogP) is 4.40. The second-order valence-electron chi connectivity index (χ2n) is 7.32. The molecular weight excluding hydrogens is 346 g/mol. The Balaban J connectivity index is 1.48. The third-order valence-corrected chi connectivity index (χ3v) is 5.27. The third kappa shape index (κ3) is 4.65. The van der Waals surface area contributed by atoms with E-state index in [2.05, 4.69) is 52.0 Å². The molecule has 1 aromatic heterocycles. The quantitative estimate of drug-likeness (QED) is 0.699. The molecule has 1 fully saturated rings. The molecule has 0 unspecified atom stereocenters. The Kier molecular flexibility index (Phi) is 5.78. The molecule has 0 radical (unpaired) electrons. The molecule has 4 nitrogen and oxygen atoms in total. The first-order valence-corrected chi connectivity index (χ1v) is 9.88. The molecule has 0 atom stereocenters. The van der Waals surface area contributed by atoms with Crippen LogP contribution in [0.1, 0.15) is 29.9 Å². The van der Waals surface area contributed by atoms with Crippen LogP contribution in [0.15, 0.2) is 73.1 Å². The van der Waals surface area contributed by atoms with E-state index in [0.717, 1.165) is 29.9 Å². The Morgan fingerprint density at radius 3 is 2.57 bits per heavy atom. The minimum atomic E-state index is -0.0337. The molecular formula is C24H25N3O. The number of piperidine rings is 1. The summed E-state index contributed by atoms with van der Waals surface area (Å²) in [5.74, 6) is 0.600. The fourth-order valence-electron chi connectivity index (χ4n) is 3.82. The van der Waals surface area contributed by atoms with E-state index in [0.29, 0.717) is 12.3 Å². The highest BCUT2D eigenvalue weighted by atomic mass is 16.1. The Morgan fingerprint density at radius 2 is 1.79 bits per heavy atom. The topological polar surface area (TPSA) is 54.0 Å². The summed E-state index contributed by atoms with van der Waals surface area (Å²) in [5.41, 5.74) is 5.51. The number of rotatable bonds is 5. The molecule has 0 saturated carbocycles. The first kappa shape index (κ1) is 18.4. The van der Waals surface area contributed by atoms with Crippen LogP contribution in [-0.4, -0.2) is 24.0 Å². The highest BCUT2D eigenvalue weighted by Gasteiger charge is 2.15. The van der Waals surface area contributed by atoms with Crippen molar-refractivity contribution in [3.63, 3.8) is 0 Å². The number of carbonyl (C=O) groups is 1. The normalized spacial score (nSPS) is 14.6. The molecule has 4 rings (SSSR count). The number of amides is 1. The summed E-state index contributed by atoms with van der Waals surface area (Å²) in [6.45, 7) is 2.19. The van der Waals surface area contributed by atoms with E-state index >= 15 is 0 Å². The van der Waals surface area contributed by atoms with Gasteiger partial charge in [0.15, 0.2) is 0 Å². The van der Waals surface area contributed by atoms with Crippen LogP contribution in [0, 0.1) is 0 Å². The minimum absolute atomic E-state index is 0.0337. The maximum Gasteiger partial charge on any atom is 0.228 e. The summed E-state index contributed by atoms with van der Waals surface area (Å²) in [5, 5.41) is 6.33. The summed E-state index contributed by atoms with van der Waals surface area (Å²) in [7, 11) is 0. The lowest BCUT2D eigenvalue weighted by molar-refractivity contribution is -0.115. The molecule has 1 amide bonds. The van der Waals surface area contributed by atoms with Gasteiger partial charge in [-0.05, 0) is 66.2 Å². The number of pyridine rings is 1. The van der Waals surface area contributed by atoms with Gasteiger partial charge >= 0.3 is 0 Å². The van der Waals surface area contributed by atoms with Crippen molar-refractivity contribution in [1.29, 1.82) is 0 Å². The smallest absolute Gasteiger partial charge is 0.228 e. The van der Waals surface area contributed by atoms with E-state index in [-0.39, 0.29) is 5.91 Å². The molecule has 2 N–H and O–H groups in total. The van der Waals surface area contributed by atoms with Crippen molar-refractivity contribution < 1.29 is 4.79 Å². The molecule has 0 bridgehead atoms. The molecule has 2 heterocycles. The number of anilines is 1. The van der Waals surface area contributed by atoms with Crippen molar-refractivity contribution >= 4 is 11.6 Å². The SMILES string of the molecule is O=C(Cc1cccc(-c2cccc(C3CCNCC3)c2)c1)Nc1cccnc1. The van der Waals surface area contributed by atoms with Crippen molar-refractivity contribution in [2.75, 3.05) is 18.4 Å². The molecule has 1 saturated heterocycles. The number of nitrogens with zero attached hydrogens (tertiary/aromatic N) is 1. The molecule has 3 aromatic rings. The molecule has 0 aliphatic carbocycles. The van der Waals surface area contributed by atoms with Crippen molar-refractivity contribution in [2.45, 2.75) is 25.2 Å². The second-order valence-corrected chi connectivity index (χ2v) is 7.32. The van der Waals surface area contributed by atoms with Crippen LogP contribution in [0.5, 0.6) is 0 Å². The van der Waals surface area contributed by atoms with Gasteiger partial charge in [-0.15, -0.1) is 0 Å². The Bertz CT molecular complexity index is 933. The molecule has 1 aliphatic rings. The number of hydrogen-bond acceptors (Lipinski definition) is 3. The molecule has 142 valence electrons. The summed E-state index contributed by atoms with van der Waals surface area (Å²) >= 11 is 0. The van der Waals surface area contributed by atoms with Gasteiger partial charge < -0.3 is 10.6 Å². The van der Waals surface area contributed by atoms with E-state index in [1.54, 1.807) is 12.4 Å². The average molecular weight is 371 g/mol. The van der Waals surface area contributed by atoms with E-state index in [1.807, 2.05) is 24.3 Å².